The molecule has 1 aliphatic carbocycles. The SMILES string of the molecule is COC1=C(OC)CCC(CC2COC(=O)C2Cc2ccc(OC(=O)N3CCC(C)C3)c(OC)c2)=C1. The van der Waals surface area contributed by atoms with Crippen molar-refractivity contribution in [2.45, 2.75) is 39.0 Å². The van der Waals surface area contributed by atoms with Crippen molar-refractivity contribution in [1.82, 2.24) is 4.90 Å². The summed E-state index contributed by atoms with van der Waals surface area (Å²) in [7, 11) is 4.84. The third-order valence-electron chi connectivity index (χ3n) is 7.15. The largest absolute Gasteiger partial charge is 0.497 e. The summed E-state index contributed by atoms with van der Waals surface area (Å²) in [5.74, 6) is 2.58. The van der Waals surface area contributed by atoms with Crippen molar-refractivity contribution < 1.29 is 33.3 Å². The van der Waals surface area contributed by atoms with E-state index in [0.29, 0.717) is 43.5 Å². The fraction of sp³-hybridized carbons (Fsp3) is 0.556. The van der Waals surface area contributed by atoms with Crippen molar-refractivity contribution in [1.29, 1.82) is 0 Å². The number of methoxy groups -OCH3 is 3. The quantitative estimate of drug-likeness (QED) is 0.502. The molecule has 0 bridgehead atoms. The van der Waals surface area contributed by atoms with Crippen LogP contribution < -0.4 is 9.47 Å². The fourth-order valence-electron chi connectivity index (χ4n) is 5.10. The van der Waals surface area contributed by atoms with Gasteiger partial charge in [-0.2, -0.15) is 0 Å². The second-order valence-electron chi connectivity index (χ2n) is 9.60. The Morgan fingerprint density at radius 3 is 2.60 bits per heavy atom. The first kappa shape index (κ1) is 24.9. The molecule has 1 amide bonds. The van der Waals surface area contributed by atoms with Gasteiger partial charge in [0.1, 0.15) is 5.76 Å². The third-order valence-corrected chi connectivity index (χ3v) is 7.15. The van der Waals surface area contributed by atoms with Crippen molar-refractivity contribution in [3.05, 3.63) is 46.9 Å². The van der Waals surface area contributed by atoms with Crippen LogP contribution in [0.2, 0.25) is 0 Å². The molecule has 190 valence electrons. The number of hydrogen-bond acceptors (Lipinski definition) is 7. The van der Waals surface area contributed by atoms with E-state index >= 15 is 0 Å². The van der Waals surface area contributed by atoms with Crippen LogP contribution in [0.1, 0.15) is 38.2 Å². The molecule has 0 radical (unpaired) electrons. The van der Waals surface area contributed by atoms with Crippen molar-refractivity contribution in [2.75, 3.05) is 41.0 Å². The molecule has 8 nitrogen and oxygen atoms in total. The number of benzene rings is 1. The average Bonchev–Trinajstić information content (AvgIpc) is 3.45. The number of rotatable bonds is 8. The lowest BCUT2D eigenvalue weighted by atomic mass is 9.83. The predicted molar refractivity (Wildman–Crippen MR) is 129 cm³/mol. The molecule has 1 aromatic carbocycles. The van der Waals surface area contributed by atoms with E-state index in [-0.39, 0.29) is 23.9 Å². The van der Waals surface area contributed by atoms with Crippen LogP contribution in [0.25, 0.3) is 0 Å². The molecule has 2 fully saturated rings. The minimum atomic E-state index is -0.360. The van der Waals surface area contributed by atoms with Crippen LogP contribution in [-0.2, 0) is 25.4 Å². The molecule has 3 atom stereocenters. The first-order valence-electron chi connectivity index (χ1n) is 12.2. The van der Waals surface area contributed by atoms with Gasteiger partial charge in [0.15, 0.2) is 17.3 Å². The Balaban J connectivity index is 1.43. The van der Waals surface area contributed by atoms with Crippen molar-refractivity contribution in [3.63, 3.8) is 0 Å². The Hall–Kier alpha value is -3.16. The summed E-state index contributed by atoms with van der Waals surface area (Å²) in [6.45, 7) is 3.94. The second-order valence-corrected chi connectivity index (χ2v) is 9.60. The maximum Gasteiger partial charge on any atom is 0.415 e. The molecule has 0 aromatic heterocycles. The summed E-state index contributed by atoms with van der Waals surface area (Å²) in [5.41, 5.74) is 2.16. The highest BCUT2D eigenvalue weighted by atomic mass is 16.6. The van der Waals surface area contributed by atoms with Gasteiger partial charge in [-0.1, -0.05) is 18.6 Å². The molecule has 0 N–H and O–H groups in total. The van der Waals surface area contributed by atoms with E-state index in [4.69, 9.17) is 23.7 Å². The fourth-order valence-corrected chi connectivity index (χ4v) is 5.10. The molecular formula is C27H35NO7. The highest BCUT2D eigenvalue weighted by molar-refractivity contribution is 5.75. The zero-order valence-corrected chi connectivity index (χ0v) is 21.0. The molecule has 4 rings (SSSR count). The first-order chi connectivity index (χ1) is 16.9. The number of carbonyl (C=O) groups excluding carboxylic acids is 2. The van der Waals surface area contributed by atoms with E-state index in [1.807, 2.05) is 18.2 Å². The zero-order chi connectivity index (χ0) is 24.9. The summed E-state index contributed by atoms with van der Waals surface area (Å²) < 4.78 is 27.4. The molecule has 0 saturated carbocycles. The number of carbonyl (C=O) groups is 2. The maximum absolute atomic E-state index is 12.6. The highest BCUT2D eigenvalue weighted by Crippen LogP contribution is 2.37. The van der Waals surface area contributed by atoms with Crippen LogP contribution in [0.15, 0.2) is 41.4 Å². The van der Waals surface area contributed by atoms with Crippen LogP contribution >= 0.6 is 0 Å². The lowest BCUT2D eigenvalue weighted by molar-refractivity contribution is -0.141. The minimum Gasteiger partial charge on any atom is -0.497 e. The number of ether oxygens (including phenoxy) is 5. The Bertz CT molecular complexity index is 1010. The predicted octanol–water partition coefficient (Wildman–Crippen LogP) is 4.48. The summed E-state index contributed by atoms with van der Waals surface area (Å²) in [4.78, 5) is 26.8. The van der Waals surface area contributed by atoms with E-state index in [2.05, 4.69) is 6.92 Å². The van der Waals surface area contributed by atoms with E-state index in [1.54, 1.807) is 32.3 Å². The van der Waals surface area contributed by atoms with E-state index < -0.39 is 0 Å². The number of cyclic esters (lactones) is 1. The van der Waals surface area contributed by atoms with Gasteiger partial charge in [-0.15, -0.1) is 0 Å². The molecule has 3 unspecified atom stereocenters. The molecule has 8 heteroatoms. The molecule has 2 saturated heterocycles. The van der Waals surface area contributed by atoms with Crippen LogP contribution in [0.4, 0.5) is 4.79 Å². The van der Waals surface area contributed by atoms with E-state index in [0.717, 1.165) is 42.8 Å². The Kier molecular flexibility index (Phi) is 7.88. The van der Waals surface area contributed by atoms with Gasteiger partial charge in [0.2, 0.25) is 0 Å². The zero-order valence-electron chi connectivity index (χ0n) is 21.0. The molecule has 0 spiro atoms. The van der Waals surface area contributed by atoms with Gasteiger partial charge in [0.25, 0.3) is 0 Å². The van der Waals surface area contributed by atoms with Crippen LogP contribution in [0, 0.1) is 17.8 Å². The number of likely N-dealkylation sites (tertiary alicyclic amines) is 1. The smallest absolute Gasteiger partial charge is 0.415 e. The van der Waals surface area contributed by atoms with Gasteiger partial charge in [-0.3, -0.25) is 4.79 Å². The Morgan fingerprint density at radius 2 is 1.91 bits per heavy atom. The van der Waals surface area contributed by atoms with Gasteiger partial charge in [-0.05, 0) is 55.4 Å². The maximum atomic E-state index is 12.6. The molecule has 1 aromatic rings. The Morgan fingerprint density at radius 1 is 1.09 bits per heavy atom. The number of allylic oxidation sites excluding steroid dienone is 3. The van der Waals surface area contributed by atoms with E-state index in [1.165, 1.54) is 5.57 Å². The summed E-state index contributed by atoms with van der Waals surface area (Å²) in [6.07, 6.45) is 5.60. The standard InChI is InChI=1S/C27H35NO7/c1-17-9-10-28(15-17)27(30)35-23-8-6-19(14-25(23)33-4)12-21-20(16-34-26(21)29)11-18-5-7-22(31-2)24(13-18)32-3/h6,8,13-14,17,20-21H,5,7,9-12,15-16H2,1-4H3. The second kappa shape index (κ2) is 11.1. The summed E-state index contributed by atoms with van der Waals surface area (Å²) >= 11 is 0. The number of esters is 1. The number of hydrogen-bond donors (Lipinski definition) is 0. The third kappa shape index (κ3) is 5.74. The summed E-state index contributed by atoms with van der Waals surface area (Å²) in [5, 5.41) is 0. The van der Waals surface area contributed by atoms with Gasteiger partial charge in [0, 0.05) is 25.4 Å². The molecule has 2 heterocycles. The lowest BCUT2D eigenvalue weighted by Gasteiger charge is -2.22. The minimum absolute atomic E-state index is 0.0802. The molecule has 3 aliphatic rings. The van der Waals surface area contributed by atoms with Gasteiger partial charge in [0.05, 0.1) is 33.9 Å². The van der Waals surface area contributed by atoms with Gasteiger partial charge < -0.3 is 28.6 Å². The van der Waals surface area contributed by atoms with Gasteiger partial charge >= 0.3 is 12.1 Å². The topological polar surface area (TPSA) is 83.5 Å². The van der Waals surface area contributed by atoms with Crippen molar-refractivity contribution >= 4 is 12.1 Å². The normalized spacial score (nSPS) is 24.2. The highest BCUT2D eigenvalue weighted by Gasteiger charge is 2.37. The monoisotopic (exact) mass is 485 g/mol. The summed E-state index contributed by atoms with van der Waals surface area (Å²) in [6, 6.07) is 5.47. The number of amides is 1. The van der Waals surface area contributed by atoms with Crippen molar-refractivity contribution in [3.8, 4) is 11.5 Å². The molecule has 35 heavy (non-hydrogen) atoms. The van der Waals surface area contributed by atoms with Gasteiger partial charge in [-0.25, -0.2) is 4.79 Å². The van der Waals surface area contributed by atoms with Crippen LogP contribution in [-0.4, -0.2) is 58.0 Å². The number of nitrogens with zero attached hydrogens (tertiary/aromatic N) is 1. The Labute approximate surface area is 206 Å². The first-order valence-corrected chi connectivity index (χ1v) is 12.2. The van der Waals surface area contributed by atoms with Crippen LogP contribution in [0.3, 0.4) is 0 Å². The van der Waals surface area contributed by atoms with Crippen LogP contribution in [0.5, 0.6) is 11.5 Å². The average molecular weight is 486 g/mol. The molecular weight excluding hydrogens is 450 g/mol. The molecule has 2 aliphatic heterocycles. The van der Waals surface area contributed by atoms with Crippen molar-refractivity contribution in [2.24, 2.45) is 17.8 Å². The lowest BCUT2D eigenvalue weighted by Crippen LogP contribution is -2.31. The van der Waals surface area contributed by atoms with E-state index in [9.17, 15) is 9.59 Å².